The van der Waals surface area contributed by atoms with E-state index in [-0.39, 0.29) is 31.3 Å². The van der Waals surface area contributed by atoms with E-state index >= 15 is 0 Å². The molecular formula is C29H35BrClN5O7SSi. The van der Waals surface area contributed by atoms with Crippen LogP contribution < -0.4 is 13.8 Å². The van der Waals surface area contributed by atoms with Crippen LogP contribution in [0.25, 0.3) is 17.3 Å². The Kier molecular flexibility index (Phi) is 11.0. The lowest BCUT2D eigenvalue weighted by Gasteiger charge is -2.30. The molecule has 4 aromatic rings. The number of halogens is 2. The van der Waals surface area contributed by atoms with Crippen molar-refractivity contribution in [3.63, 3.8) is 0 Å². The molecule has 0 aliphatic heterocycles. The van der Waals surface area contributed by atoms with E-state index in [1.54, 1.807) is 43.3 Å². The predicted molar refractivity (Wildman–Crippen MR) is 178 cm³/mol. The van der Waals surface area contributed by atoms with Crippen LogP contribution in [0.3, 0.4) is 0 Å². The Morgan fingerprint density at radius 1 is 1.13 bits per heavy atom. The maximum absolute atomic E-state index is 14.8. The van der Waals surface area contributed by atoms with Gasteiger partial charge in [-0.05, 0) is 59.2 Å². The van der Waals surface area contributed by atoms with Crippen LogP contribution in [0, 0.1) is 0 Å². The van der Waals surface area contributed by atoms with E-state index in [0.29, 0.717) is 44.2 Å². The van der Waals surface area contributed by atoms with E-state index in [1.807, 2.05) is 0 Å². The Labute approximate surface area is 276 Å². The average Bonchev–Trinajstić information content (AvgIpc) is 3.66. The predicted octanol–water partition coefficient (Wildman–Crippen LogP) is 6.00. The number of rotatable bonds is 14. The maximum atomic E-state index is 14.8. The van der Waals surface area contributed by atoms with Crippen molar-refractivity contribution in [2.24, 2.45) is 0 Å². The van der Waals surface area contributed by atoms with E-state index < -0.39 is 29.3 Å². The Balaban J connectivity index is 2.00. The molecule has 45 heavy (non-hydrogen) atoms. The van der Waals surface area contributed by atoms with Gasteiger partial charge in [0, 0.05) is 31.7 Å². The van der Waals surface area contributed by atoms with Crippen LogP contribution in [0.4, 0.5) is 5.95 Å². The molecule has 0 fully saturated rings. The highest BCUT2D eigenvalue weighted by atomic mass is 79.9. The van der Waals surface area contributed by atoms with Gasteiger partial charge in [0.25, 0.3) is 10.0 Å². The second-order valence-electron chi connectivity index (χ2n) is 11.1. The fourth-order valence-corrected chi connectivity index (χ4v) is 8.04. The number of aromatic nitrogens is 4. The average molecular weight is 741 g/mol. The molecular weight excluding hydrogens is 706 g/mol. The topological polar surface area (TPSA) is 139 Å². The maximum Gasteiger partial charge on any atom is 0.326 e. The largest absolute Gasteiger partial charge is 0.494 e. The highest BCUT2D eigenvalue weighted by Crippen LogP contribution is 2.40. The third-order valence-corrected chi connectivity index (χ3v) is 11.4. The van der Waals surface area contributed by atoms with Gasteiger partial charge in [0.1, 0.15) is 17.2 Å². The van der Waals surface area contributed by atoms with Crippen molar-refractivity contribution in [3.8, 4) is 28.8 Å². The Morgan fingerprint density at radius 2 is 1.82 bits per heavy atom. The highest BCUT2D eigenvalue weighted by Gasteiger charge is 2.43. The molecule has 0 saturated carbocycles. The molecule has 0 bridgehead atoms. The number of esters is 1. The molecule has 0 N–H and O–H groups in total. The summed E-state index contributed by atoms with van der Waals surface area (Å²) in [5, 5.41) is 7.45. The standard InChI is InChI=1S/C29H35BrClN5O7SSi/c1-7-42-28(37)25(17-21-20(30)16-19(31)18-32-21)44(38,39)35(13-15-45(4,5)6)29-34-33-27(24-12-9-14-43-24)36(29)26-22(40-2)10-8-11-23(26)41-3/h8-12,14,16,18,25H,7,13,15,17H2,1-6H3/t25-/m0/s1. The first kappa shape index (κ1) is 34.5. The molecule has 0 radical (unpaired) electrons. The normalized spacial score (nSPS) is 12.5. The number of sulfonamides is 1. The smallest absolute Gasteiger partial charge is 0.326 e. The Bertz CT molecular complexity index is 1720. The van der Waals surface area contributed by atoms with E-state index in [1.165, 1.54) is 31.2 Å². The van der Waals surface area contributed by atoms with Crippen LogP contribution in [0.15, 0.2) is 57.7 Å². The molecule has 16 heteroatoms. The van der Waals surface area contributed by atoms with Crippen molar-refractivity contribution < 1.29 is 31.8 Å². The van der Waals surface area contributed by atoms with E-state index in [2.05, 4.69) is 50.8 Å². The summed E-state index contributed by atoms with van der Waals surface area (Å²) in [6, 6.07) is 10.6. The first-order chi connectivity index (χ1) is 21.3. The van der Waals surface area contributed by atoms with Crippen LogP contribution in [-0.2, 0) is 26.0 Å². The van der Waals surface area contributed by atoms with Gasteiger partial charge in [-0.3, -0.25) is 14.3 Å². The third kappa shape index (κ3) is 7.70. The molecule has 242 valence electrons. The molecule has 12 nitrogen and oxygen atoms in total. The zero-order valence-corrected chi connectivity index (χ0v) is 29.9. The number of anilines is 1. The van der Waals surface area contributed by atoms with Gasteiger partial charge in [0.05, 0.1) is 37.8 Å². The second-order valence-corrected chi connectivity index (χ2v) is 20.1. The second kappa shape index (κ2) is 14.4. The Hall–Kier alpha value is -3.40. The molecule has 1 aromatic carbocycles. The van der Waals surface area contributed by atoms with E-state index in [9.17, 15) is 13.2 Å². The number of benzene rings is 1. The van der Waals surface area contributed by atoms with Crippen LogP contribution >= 0.6 is 27.5 Å². The Morgan fingerprint density at radius 3 is 2.38 bits per heavy atom. The summed E-state index contributed by atoms with van der Waals surface area (Å²) < 4.78 is 55.1. The molecule has 0 aliphatic carbocycles. The summed E-state index contributed by atoms with van der Waals surface area (Å²) in [5.74, 6) is 0.233. The summed E-state index contributed by atoms with van der Waals surface area (Å²) in [7, 11) is -3.44. The summed E-state index contributed by atoms with van der Waals surface area (Å²) in [6.07, 6.45) is 2.57. The van der Waals surface area contributed by atoms with Crippen molar-refractivity contribution >= 4 is 57.5 Å². The minimum absolute atomic E-state index is 0.0108. The third-order valence-electron chi connectivity index (χ3n) is 6.78. The molecule has 0 saturated heterocycles. The first-order valence-corrected chi connectivity index (χ1v) is 20.4. The van der Waals surface area contributed by atoms with Crippen LogP contribution in [0.5, 0.6) is 11.5 Å². The van der Waals surface area contributed by atoms with Crippen LogP contribution in [0.2, 0.25) is 30.7 Å². The first-order valence-electron chi connectivity index (χ1n) is 14.0. The number of hydrogen-bond acceptors (Lipinski definition) is 10. The number of carbonyl (C=O) groups excluding carboxylic acids is 1. The molecule has 3 aromatic heterocycles. The fraction of sp³-hybridized carbons (Fsp3) is 0.379. The number of ether oxygens (including phenoxy) is 3. The van der Waals surface area contributed by atoms with Crippen molar-refractivity contribution in [3.05, 3.63) is 64.0 Å². The molecule has 4 rings (SSSR count). The minimum Gasteiger partial charge on any atom is -0.494 e. The fourth-order valence-electron chi connectivity index (χ4n) is 4.51. The zero-order valence-electron chi connectivity index (χ0n) is 25.8. The molecule has 0 unspecified atom stereocenters. The number of para-hydroxylation sites is 1. The molecule has 1 atom stereocenters. The quantitative estimate of drug-likeness (QED) is 0.112. The number of pyridine rings is 1. The number of carbonyl (C=O) groups is 1. The SMILES string of the molecule is CCOC(=O)[C@H](Cc1ncc(Cl)cc1Br)S(=O)(=O)N(CC[Si](C)(C)C)c1nnc(-c2ccco2)n1-c1c(OC)cccc1OC. The van der Waals surface area contributed by atoms with Crippen LogP contribution in [-0.4, -0.2) is 74.8 Å². The van der Waals surface area contributed by atoms with Crippen molar-refractivity contribution in [2.45, 2.75) is 44.3 Å². The molecule has 0 spiro atoms. The summed E-state index contributed by atoms with van der Waals surface area (Å²) in [4.78, 5) is 17.8. The summed E-state index contributed by atoms with van der Waals surface area (Å²) >= 11 is 9.49. The lowest BCUT2D eigenvalue weighted by Crippen LogP contribution is -2.47. The van der Waals surface area contributed by atoms with Gasteiger partial charge in [-0.15, -0.1) is 10.2 Å². The van der Waals surface area contributed by atoms with Gasteiger partial charge in [0.2, 0.25) is 11.8 Å². The monoisotopic (exact) mass is 739 g/mol. The molecule has 3 heterocycles. The molecule has 0 amide bonds. The zero-order chi connectivity index (χ0) is 32.9. The van der Waals surface area contributed by atoms with Crippen molar-refractivity contribution in [1.29, 1.82) is 0 Å². The van der Waals surface area contributed by atoms with E-state index in [0.717, 1.165) is 4.31 Å². The summed E-state index contributed by atoms with van der Waals surface area (Å²) in [6.45, 7) is 7.97. The highest BCUT2D eigenvalue weighted by molar-refractivity contribution is 9.10. The van der Waals surface area contributed by atoms with Crippen LogP contribution in [0.1, 0.15) is 12.6 Å². The van der Waals surface area contributed by atoms with Gasteiger partial charge < -0.3 is 18.6 Å². The van der Waals surface area contributed by atoms with E-state index in [4.69, 9.17) is 30.2 Å². The summed E-state index contributed by atoms with van der Waals surface area (Å²) in [5.41, 5.74) is 0.659. The van der Waals surface area contributed by atoms with Crippen molar-refractivity contribution in [1.82, 2.24) is 19.7 Å². The lowest BCUT2D eigenvalue weighted by molar-refractivity contribution is -0.142. The number of nitrogens with zero attached hydrogens (tertiary/aromatic N) is 5. The number of furan rings is 1. The minimum atomic E-state index is -4.56. The van der Waals surface area contributed by atoms with Crippen molar-refractivity contribution in [2.75, 3.05) is 31.7 Å². The molecule has 0 aliphatic rings. The van der Waals surface area contributed by atoms with Gasteiger partial charge >= 0.3 is 5.97 Å². The number of methoxy groups -OCH3 is 2. The van der Waals surface area contributed by atoms with Gasteiger partial charge in [0.15, 0.2) is 11.0 Å². The van der Waals surface area contributed by atoms with Gasteiger partial charge in [-0.25, -0.2) is 12.7 Å². The lowest BCUT2D eigenvalue weighted by atomic mass is 10.2. The van der Waals surface area contributed by atoms with Gasteiger partial charge in [-0.2, -0.15) is 0 Å². The number of hydrogen-bond donors (Lipinski definition) is 0. The van der Waals surface area contributed by atoms with Gasteiger partial charge in [-0.1, -0.05) is 37.3 Å².